The minimum atomic E-state index is -0.890. The van der Waals surface area contributed by atoms with Gasteiger partial charge in [-0.2, -0.15) is 0 Å². The Morgan fingerprint density at radius 3 is 2.54 bits per heavy atom. The van der Waals surface area contributed by atoms with Crippen molar-refractivity contribution in [2.45, 2.75) is 19.4 Å². The molecular formula is C18H18BrNO4. The summed E-state index contributed by atoms with van der Waals surface area (Å²) in [6.07, 6.45) is -0.775. The molecule has 126 valence electrons. The number of anilines is 1. The Morgan fingerprint density at radius 1 is 1.17 bits per heavy atom. The second kappa shape index (κ2) is 8.49. The molecule has 0 bridgehead atoms. The van der Waals surface area contributed by atoms with Gasteiger partial charge in [-0.1, -0.05) is 34.1 Å². The molecule has 0 aliphatic rings. The molecule has 2 rings (SSSR count). The van der Waals surface area contributed by atoms with Crippen molar-refractivity contribution in [3.63, 3.8) is 0 Å². The monoisotopic (exact) mass is 391 g/mol. The topological polar surface area (TPSA) is 64.6 Å². The van der Waals surface area contributed by atoms with E-state index in [1.807, 2.05) is 24.3 Å². The van der Waals surface area contributed by atoms with Gasteiger partial charge in [0, 0.05) is 16.2 Å². The van der Waals surface area contributed by atoms with E-state index in [1.54, 1.807) is 31.4 Å². The maximum atomic E-state index is 12.1. The van der Waals surface area contributed by atoms with Crippen molar-refractivity contribution >= 4 is 33.5 Å². The van der Waals surface area contributed by atoms with E-state index in [1.165, 1.54) is 6.92 Å². The summed E-state index contributed by atoms with van der Waals surface area (Å²) in [4.78, 5) is 24.0. The van der Waals surface area contributed by atoms with Crippen LogP contribution in [0.3, 0.4) is 0 Å². The van der Waals surface area contributed by atoms with Gasteiger partial charge in [0.15, 0.2) is 6.10 Å². The average molecular weight is 392 g/mol. The van der Waals surface area contributed by atoms with Gasteiger partial charge in [-0.3, -0.25) is 9.59 Å². The number of nitrogens with one attached hydrogen (secondary N) is 1. The molecule has 0 heterocycles. The molecule has 2 aromatic rings. The first kappa shape index (κ1) is 18.0. The van der Waals surface area contributed by atoms with Crippen LogP contribution in [0, 0.1) is 0 Å². The highest BCUT2D eigenvalue weighted by atomic mass is 79.9. The summed E-state index contributed by atoms with van der Waals surface area (Å²) in [5.41, 5.74) is 1.40. The van der Waals surface area contributed by atoms with E-state index in [9.17, 15) is 9.59 Å². The lowest BCUT2D eigenvalue weighted by atomic mass is 10.1. The van der Waals surface area contributed by atoms with Crippen molar-refractivity contribution < 1.29 is 19.1 Å². The van der Waals surface area contributed by atoms with Crippen LogP contribution in [-0.4, -0.2) is 25.1 Å². The first-order valence-electron chi connectivity index (χ1n) is 7.37. The molecule has 1 amide bonds. The van der Waals surface area contributed by atoms with Crippen LogP contribution >= 0.6 is 15.9 Å². The van der Waals surface area contributed by atoms with Crippen LogP contribution in [-0.2, 0) is 20.7 Å². The van der Waals surface area contributed by atoms with E-state index in [0.29, 0.717) is 11.4 Å². The average Bonchev–Trinajstić information content (AvgIpc) is 2.57. The molecule has 6 heteroatoms. The number of methoxy groups -OCH3 is 1. The predicted octanol–water partition coefficient (Wildman–Crippen LogP) is 3.57. The normalized spacial score (nSPS) is 11.5. The lowest BCUT2D eigenvalue weighted by molar-refractivity contribution is -0.152. The molecular weight excluding hydrogens is 374 g/mol. The second-order valence-corrected chi connectivity index (χ2v) is 6.07. The Hall–Kier alpha value is -2.34. The molecule has 1 N–H and O–H groups in total. The molecule has 0 saturated carbocycles. The lowest BCUT2D eigenvalue weighted by Crippen LogP contribution is -2.30. The van der Waals surface area contributed by atoms with Gasteiger partial charge in [0.2, 0.25) is 0 Å². The van der Waals surface area contributed by atoms with Gasteiger partial charge >= 0.3 is 5.97 Å². The van der Waals surface area contributed by atoms with Gasteiger partial charge in [-0.05, 0) is 36.8 Å². The Kier molecular flexibility index (Phi) is 6.37. The third kappa shape index (κ3) is 5.38. The maximum Gasteiger partial charge on any atom is 0.311 e. The standard InChI is InChI=1S/C18H18BrNO4/c1-12(18(22)20-15-4-3-5-16(11-15)23-2)24-17(21)10-13-6-8-14(19)9-7-13/h3-9,11-12H,10H2,1-2H3,(H,20,22)/t12-/m1/s1. The van der Waals surface area contributed by atoms with Crippen LogP contribution in [0.15, 0.2) is 53.0 Å². The number of halogens is 1. The molecule has 0 saturated heterocycles. The van der Waals surface area contributed by atoms with Crippen LogP contribution in [0.25, 0.3) is 0 Å². The highest BCUT2D eigenvalue weighted by Gasteiger charge is 2.18. The molecule has 24 heavy (non-hydrogen) atoms. The first-order chi connectivity index (χ1) is 11.5. The third-order valence-corrected chi connectivity index (χ3v) is 3.81. The number of benzene rings is 2. The van der Waals surface area contributed by atoms with E-state index in [2.05, 4.69) is 21.2 Å². The fourth-order valence-corrected chi connectivity index (χ4v) is 2.27. The summed E-state index contributed by atoms with van der Waals surface area (Å²) < 4.78 is 11.2. The number of rotatable bonds is 6. The number of carbonyl (C=O) groups is 2. The quantitative estimate of drug-likeness (QED) is 0.764. The molecule has 0 aliphatic carbocycles. The highest BCUT2D eigenvalue weighted by Crippen LogP contribution is 2.17. The summed E-state index contributed by atoms with van der Waals surface area (Å²) in [6, 6.07) is 14.3. The summed E-state index contributed by atoms with van der Waals surface area (Å²) in [6.45, 7) is 1.54. The zero-order valence-corrected chi connectivity index (χ0v) is 15.0. The fraction of sp³-hybridized carbons (Fsp3) is 0.222. The zero-order chi connectivity index (χ0) is 17.5. The molecule has 0 aromatic heterocycles. The number of hydrogen-bond donors (Lipinski definition) is 1. The van der Waals surface area contributed by atoms with Crippen LogP contribution in [0.1, 0.15) is 12.5 Å². The van der Waals surface area contributed by atoms with Crippen LogP contribution in [0.5, 0.6) is 5.75 Å². The smallest absolute Gasteiger partial charge is 0.311 e. The number of esters is 1. The van der Waals surface area contributed by atoms with Crippen molar-refractivity contribution in [3.05, 3.63) is 58.6 Å². The zero-order valence-electron chi connectivity index (χ0n) is 13.4. The largest absolute Gasteiger partial charge is 0.497 e. The van der Waals surface area contributed by atoms with Gasteiger partial charge in [0.05, 0.1) is 13.5 Å². The Bertz CT molecular complexity index is 715. The molecule has 2 aromatic carbocycles. The maximum absolute atomic E-state index is 12.1. The molecule has 0 radical (unpaired) electrons. The van der Waals surface area contributed by atoms with Crippen molar-refractivity contribution in [3.8, 4) is 5.75 Å². The van der Waals surface area contributed by atoms with E-state index in [-0.39, 0.29) is 6.42 Å². The minimum Gasteiger partial charge on any atom is -0.497 e. The number of amides is 1. The summed E-state index contributed by atoms with van der Waals surface area (Å²) >= 11 is 3.33. The summed E-state index contributed by atoms with van der Waals surface area (Å²) in [5, 5.41) is 2.69. The first-order valence-corrected chi connectivity index (χ1v) is 8.16. The number of hydrogen-bond acceptors (Lipinski definition) is 4. The third-order valence-electron chi connectivity index (χ3n) is 3.28. The SMILES string of the molecule is COc1cccc(NC(=O)[C@@H](C)OC(=O)Cc2ccc(Br)cc2)c1. The molecule has 1 atom stereocenters. The van der Waals surface area contributed by atoms with Crippen LogP contribution < -0.4 is 10.1 Å². The Morgan fingerprint density at radius 2 is 1.88 bits per heavy atom. The number of ether oxygens (including phenoxy) is 2. The van der Waals surface area contributed by atoms with Crippen molar-refractivity contribution in [2.75, 3.05) is 12.4 Å². The van der Waals surface area contributed by atoms with Gasteiger partial charge in [0.25, 0.3) is 5.91 Å². The van der Waals surface area contributed by atoms with E-state index in [0.717, 1.165) is 10.0 Å². The van der Waals surface area contributed by atoms with E-state index >= 15 is 0 Å². The summed E-state index contributed by atoms with van der Waals surface area (Å²) in [7, 11) is 1.55. The Balaban J connectivity index is 1.88. The van der Waals surface area contributed by atoms with Crippen molar-refractivity contribution in [1.29, 1.82) is 0 Å². The summed E-state index contributed by atoms with van der Waals surface area (Å²) in [5.74, 6) is -0.217. The Labute approximate surface area is 149 Å². The van der Waals surface area contributed by atoms with Crippen molar-refractivity contribution in [1.82, 2.24) is 0 Å². The lowest BCUT2D eigenvalue weighted by Gasteiger charge is -2.14. The van der Waals surface area contributed by atoms with E-state index < -0.39 is 18.0 Å². The number of carbonyl (C=O) groups excluding carboxylic acids is 2. The molecule has 0 fully saturated rings. The fourth-order valence-electron chi connectivity index (χ4n) is 2.01. The molecule has 0 spiro atoms. The highest BCUT2D eigenvalue weighted by molar-refractivity contribution is 9.10. The van der Waals surface area contributed by atoms with Gasteiger partial charge in [-0.15, -0.1) is 0 Å². The van der Waals surface area contributed by atoms with Gasteiger partial charge in [0.1, 0.15) is 5.75 Å². The predicted molar refractivity (Wildman–Crippen MR) is 95.0 cm³/mol. The van der Waals surface area contributed by atoms with Crippen LogP contribution in [0.4, 0.5) is 5.69 Å². The minimum absolute atomic E-state index is 0.115. The van der Waals surface area contributed by atoms with E-state index in [4.69, 9.17) is 9.47 Å². The second-order valence-electron chi connectivity index (χ2n) is 5.16. The van der Waals surface area contributed by atoms with Gasteiger partial charge in [-0.25, -0.2) is 0 Å². The molecule has 0 aliphatic heterocycles. The molecule has 5 nitrogen and oxygen atoms in total. The van der Waals surface area contributed by atoms with Gasteiger partial charge < -0.3 is 14.8 Å². The molecule has 0 unspecified atom stereocenters. The van der Waals surface area contributed by atoms with Crippen molar-refractivity contribution in [2.24, 2.45) is 0 Å². The van der Waals surface area contributed by atoms with Crippen LogP contribution in [0.2, 0.25) is 0 Å².